The first-order chi connectivity index (χ1) is 9.52. The van der Waals surface area contributed by atoms with Crippen LogP contribution in [-0.4, -0.2) is 30.5 Å². The van der Waals surface area contributed by atoms with Crippen LogP contribution >= 0.6 is 0 Å². The molecule has 1 aliphatic rings. The van der Waals surface area contributed by atoms with Crippen molar-refractivity contribution in [1.29, 1.82) is 5.26 Å². The molecule has 1 atom stereocenters. The van der Waals surface area contributed by atoms with Gasteiger partial charge in [0.15, 0.2) is 0 Å². The topological polar surface area (TPSA) is 82.4 Å². The van der Waals surface area contributed by atoms with E-state index in [1.54, 1.807) is 31.2 Å². The van der Waals surface area contributed by atoms with Gasteiger partial charge in [-0.2, -0.15) is 5.26 Å². The van der Waals surface area contributed by atoms with Crippen molar-refractivity contribution < 1.29 is 14.3 Å². The fraction of sp³-hybridized carbons (Fsp3) is 0.357. The number of hydrogen-bond donors (Lipinski definition) is 1. The van der Waals surface area contributed by atoms with Crippen LogP contribution in [0.25, 0.3) is 0 Å². The monoisotopic (exact) mass is 273 g/mol. The Hall–Kier alpha value is -2.55. The van der Waals surface area contributed by atoms with Crippen LogP contribution in [0.5, 0.6) is 5.75 Å². The van der Waals surface area contributed by atoms with Gasteiger partial charge in [-0.15, -0.1) is 0 Å². The number of urea groups is 1. The Bertz CT molecular complexity index is 594. The van der Waals surface area contributed by atoms with Crippen molar-refractivity contribution in [2.24, 2.45) is 0 Å². The maximum atomic E-state index is 12.4. The minimum Gasteiger partial charge on any atom is -0.497 e. The third kappa shape index (κ3) is 2.18. The number of amides is 3. The number of ether oxygens (including phenoxy) is 1. The van der Waals surface area contributed by atoms with Crippen LogP contribution in [0.4, 0.5) is 4.79 Å². The normalized spacial score (nSPS) is 21.6. The number of carbonyl (C=O) groups excluding carboxylic acids is 2. The van der Waals surface area contributed by atoms with E-state index in [1.165, 1.54) is 7.11 Å². The zero-order chi connectivity index (χ0) is 14.8. The molecule has 6 nitrogen and oxygen atoms in total. The van der Waals surface area contributed by atoms with Crippen molar-refractivity contribution >= 4 is 11.9 Å². The lowest BCUT2D eigenvalue weighted by molar-refractivity contribution is -0.131. The summed E-state index contributed by atoms with van der Waals surface area (Å²) in [5, 5.41) is 11.3. The van der Waals surface area contributed by atoms with Crippen molar-refractivity contribution in [3.63, 3.8) is 0 Å². The predicted molar refractivity (Wildman–Crippen MR) is 70.8 cm³/mol. The van der Waals surface area contributed by atoms with Gasteiger partial charge in [0, 0.05) is 6.54 Å². The molecule has 1 heterocycles. The maximum Gasteiger partial charge on any atom is 0.325 e. The van der Waals surface area contributed by atoms with E-state index in [-0.39, 0.29) is 18.9 Å². The number of rotatable bonds is 4. The van der Waals surface area contributed by atoms with E-state index in [0.29, 0.717) is 11.3 Å². The van der Waals surface area contributed by atoms with Gasteiger partial charge >= 0.3 is 6.03 Å². The molecule has 20 heavy (non-hydrogen) atoms. The zero-order valence-electron chi connectivity index (χ0n) is 11.3. The molecule has 6 heteroatoms. The van der Waals surface area contributed by atoms with Crippen LogP contribution < -0.4 is 10.1 Å². The second-order valence-corrected chi connectivity index (χ2v) is 4.65. The van der Waals surface area contributed by atoms with Crippen molar-refractivity contribution in [2.75, 3.05) is 13.7 Å². The quantitative estimate of drug-likeness (QED) is 0.840. The summed E-state index contributed by atoms with van der Waals surface area (Å²) in [6, 6.07) is 8.45. The minimum atomic E-state index is -1.12. The summed E-state index contributed by atoms with van der Waals surface area (Å²) in [6.07, 6.45) is 0.118. The number of nitrogens with zero attached hydrogens (tertiary/aromatic N) is 2. The number of imide groups is 1. The predicted octanol–water partition coefficient (Wildman–Crippen LogP) is 1.38. The number of methoxy groups -OCH3 is 1. The fourth-order valence-corrected chi connectivity index (χ4v) is 2.19. The summed E-state index contributed by atoms with van der Waals surface area (Å²) in [4.78, 5) is 25.4. The summed E-state index contributed by atoms with van der Waals surface area (Å²) in [6.45, 7) is 1.75. The summed E-state index contributed by atoms with van der Waals surface area (Å²) in [5.41, 5.74) is -0.476. The molecule has 3 amide bonds. The SMILES string of the molecule is COc1cccc(C2(C)NC(=O)N(CCC#N)C2=O)c1. The molecule has 1 N–H and O–H groups in total. The van der Waals surface area contributed by atoms with Crippen LogP contribution in [0.15, 0.2) is 24.3 Å². The molecule has 0 aromatic heterocycles. The Labute approximate surface area is 116 Å². The van der Waals surface area contributed by atoms with E-state index < -0.39 is 11.6 Å². The van der Waals surface area contributed by atoms with E-state index in [4.69, 9.17) is 10.00 Å². The Morgan fingerprint density at radius 1 is 1.45 bits per heavy atom. The third-order valence-electron chi connectivity index (χ3n) is 3.37. The van der Waals surface area contributed by atoms with Gasteiger partial charge in [-0.25, -0.2) is 4.79 Å². The van der Waals surface area contributed by atoms with Gasteiger partial charge < -0.3 is 10.1 Å². The Morgan fingerprint density at radius 3 is 2.85 bits per heavy atom. The van der Waals surface area contributed by atoms with Crippen LogP contribution in [0.1, 0.15) is 18.9 Å². The molecule has 0 saturated carbocycles. The van der Waals surface area contributed by atoms with E-state index in [0.717, 1.165) is 4.90 Å². The molecule has 1 fully saturated rings. The van der Waals surface area contributed by atoms with Gasteiger partial charge in [-0.3, -0.25) is 9.69 Å². The molecule has 0 bridgehead atoms. The number of carbonyl (C=O) groups is 2. The summed E-state index contributed by atoms with van der Waals surface area (Å²) in [5.74, 6) is 0.257. The van der Waals surface area contributed by atoms with E-state index in [2.05, 4.69) is 5.32 Å². The highest BCUT2D eigenvalue weighted by molar-refractivity contribution is 6.07. The number of nitriles is 1. The highest BCUT2D eigenvalue weighted by atomic mass is 16.5. The summed E-state index contributed by atoms with van der Waals surface area (Å²) < 4.78 is 5.13. The first kappa shape index (κ1) is 13.9. The first-order valence-electron chi connectivity index (χ1n) is 6.18. The number of benzene rings is 1. The van der Waals surface area contributed by atoms with Crippen molar-refractivity contribution in [1.82, 2.24) is 10.2 Å². The van der Waals surface area contributed by atoms with E-state index in [9.17, 15) is 9.59 Å². The lowest BCUT2D eigenvalue weighted by Crippen LogP contribution is -2.41. The fourth-order valence-electron chi connectivity index (χ4n) is 2.19. The van der Waals surface area contributed by atoms with Crippen LogP contribution in [0.2, 0.25) is 0 Å². The Kier molecular flexibility index (Phi) is 3.61. The first-order valence-corrected chi connectivity index (χ1v) is 6.18. The van der Waals surface area contributed by atoms with Gasteiger partial charge in [0.1, 0.15) is 11.3 Å². The largest absolute Gasteiger partial charge is 0.497 e. The number of nitrogens with one attached hydrogen (secondary N) is 1. The second-order valence-electron chi connectivity index (χ2n) is 4.65. The van der Waals surface area contributed by atoms with Crippen molar-refractivity contribution in [2.45, 2.75) is 18.9 Å². The number of hydrogen-bond acceptors (Lipinski definition) is 4. The lowest BCUT2D eigenvalue weighted by atomic mass is 9.92. The highest BCUT2D eigenvalue weighted by Gasteiger charge is 2.48. The van der Waals surface area contributed by atoms with Gasteiger partial charge in [0.2, 0.25) is 0 Å². The molecule has 1 unspecified atom stereocenters. The van der Waals surface area contributed by atoms with Crippen LogP contribution in [0, 0.1) is 11.3 Å². The third-order valence-corrected chi connectivity index (χ3v) is 3.37. The second kappa shape index (κ2) is 5.21. The molecular weight excluding hydrogens is 258 g/mol. The highest BCUT2D eigenvalue weighted by Crippen LogP contribution is 2.30. The standard InChI is InChI=1S/C14H15N3O3/c1-14(10-5-3-6-11(9-10)20-2)12(18)17(8-4-7-15)13(19)16-14/h3,5-6,9H,4,8H2,1-2H3,(H,16,19). The Morgan fingerprint density at radius 2 is 2.20 bits per heavy atom. The van der Waals surface area contributed by atoms with Crippen LogP contribution in [-0.2, 0) is 10.3 Å². The molecule has 0 spiro atoms. The van der Waals surface area contributed by atoms with E-state index in [1.807, 2.05) is 6.07 Å². The molecule has 1 aliphatic heterocycles. The molecule has 1 aromatic carbocycles. The molecular formula is C14H15N3O3. The summed E-state index contributed by atoms with van der Waals surface area (Å²) in [7, 11) is 1.54. The zero-order valence-corrected chi connectivity index (χ0v) is 11.3. The molecule has 0 radical (unpaired) electrons. The Balaban J connectivity index is 2.33. The van der Waals surface area contributed by atoms with Gasteiger partial charge in [0.25, 0.3) is 5.91 Å². The maximum absolute atomic E-state index is 12.4. The molecule has 1 aromatic rings. The average Bonchev–Trinajstić information content (AvgIpc) is 2.68. The van der Waals surface area contributed by atoms with E-state index >= 15 is 0 Å². The summed E-state index contributed by atoms with van der Waals surface area (Å²) >= 11 is 0. The smallest absolute Gasteiger partial charge is 0.325 e. The average molecular weight is 273 g/mol. The lowest BCUT2D eigenvalue weighted by Gasteiger charge is -2.22. The molecule has 0 aliphatic carbocycles. The molecule has 104 valence electrons. The van der Waals surface area contributed by atoms with Gasteiger partial charge in [-0.05, 0) is 24.6 Å². The van der Waals surface area contributed by atoms with Crippen molar-refractivity contribution in [3.05, 3.63) is 29.8 Å². The molecule has 1 saturated heterocycles. The minimum absolute atomic E-state index is 0.0979. The van der Waals surface area contributed by atoms with Gasteiger partial charge in [-0.1, -0.05) is 12.1 Å². The molecule has 2 rings (SSSR count). The van der Waals surface area contributed by atoms with Crippen molar-refractivity contribution in [3.8, 4) is 11.8 Å². The van der Waals surface area contributed by atoms with Gasteiger partial charge in [0.05, 0.1) is 19.6 Å². The van der Waals surface area contributed by atoms with Crippen LogP contribution in [0.3, 0.4) is 0 Å².